The van der Waals surface area contributed by atoms with Gasteiger partial charge in [-0.25, -0.2) is 27.2 Å². The lowest BCUT2D eigenvalue weighted by molar-refractivity contribution is 0.137. The van der Waals surface area contributed by atoms with Crippen LogP contribution >= 0.6 is 0 Å². The fraction of sp³-hybridized carbons (Fsp3) is 0.625. The zero-order chi connectivity index (χ0) is 18.0. The number of anilines is 1. The molecule has 9 heteroatoms. The number of H-pyrrole nitrogens is 1. The van der Waals surface area contributed by atoms with Crippen LogP contribution in [0.3, 0.4) is 0 Å². The molecule has 0 bridgehead atoms. The van der Waals surface area contributed by atoms with Crippen molar-refractivity contribution in [1.29, 1.82) is 0 Å². The van der Waals surface area contributed by atoms with E-state index >= 15 is 0 Å². The summed E-state index contributed by atoms with van der Waals surface area (Å²) in [4.78, 5) is 13.6. The molecule has 2 aromatic rings. The van der Waals surface area contributed by atoms with Crippen molar-refractivity contribution in [2.24, 2.45) is 5.92 Å². The van der Waals surface area contributed by atoms with Crippen molar-refractivity contribution in [3.63, 3.8) is 0 Å². The quantitative estimate of drug-likeness (QED) is 0.771. The predicted molar refractivity (Wildman–Crippen MR) is 92.7 cm³/mol. The maximum absolute atomic E-state index is 12.1. The van der Waals surface area contributed by atoms with E-state index in [2.05, 4.69) is 19.9 Å². The highest BCUT2D eigenvalue weighted by atomic mass is 32.2. The van der Waals surface area contributed by atoms with Crippen molar-refractivity contribution in [2.45, 2.75) is 38.2 Å². The average Bonchev–Trinajstić information content (AvgIpc) is 2.97. The van der Waals surface area contributed by atoms with Crippen molar-refractivity contribution in [1.82, 2.24) is 15.0 Å². The van der Waals surface area contributed by atoms with Crippen molar-refractivity contribution in [3.05, 3.63) is 18.6 Å². The average molecular weight is 372 g/mol. The number of halogens is 2. The van der Waals surface area contributed by atoms with E-state index in [1.807, 2.05) is 19.3 Å². The second kappa shape index (κ2) is 7.23. The first-order valence-corrected chi connectivity index (χ1v) is 10.2. The van der Waals surface area contributed by atoms with Gasteiger partial charge in [0.2, 0.25) is 6.43 Å². The molecule has 1 fully saturated rings. The van der Waals surface area contributed by atoms with E-state index < -0.39 is 16.3 Å². The highest BCUT2D eigenvalue weighted by molar-refractivity contribution is 7.91. The topological polar surface area (TPSA) is 79.0 Å². The Morgan fingerprint density at radius 3 is 2.84 bits per heavy atom. The summed E-state index contributed by atoms with van der Waals surface area (Å²) in [6.07, 6.45) is 2.09. The van der Waals surface area contributed by atoms with E-state index in [1.54, 1.807) is 0 Å². The fourth-order valence-electron chi connectivity index (χ4n) is 3.37. The molecule has 6 nitrogen and oxygen atoms in total. The minimum absolute atomic E-state index is 0.0302. The van der Waals surface area contributed by atoms with Crippen LogP contribution in [0.4, 0.5) is 14.6 Å². The SMILES string of the molecule is CN(c1ncnc2[nH]ccc12)C1CC(CS(=O)(=O)CCCC(F)F)C1. The van der Waals surface area contributed by atoms with Crippen LogP contribution in [0, 0.1) is 5.92 Å². The molecule has 138 valence electrons. The maximum atomic E-state index is 12.1. The summed E-state index contributed by atoms with van der Waals surface area (Å²) in [5, 5.41) is 0.938. The molecule has 0 unspecified atom stereocenters. The zero-order valence-electron chi connectivity index (χ0n) is 14.0. The number of nitrogens with one attached hydrogen (secondary N) is 1. The minimum atomic E-state index is -3.26. The van der Waals surface area contributed by atoms with Crippen LogP contribution in [-0.2, 0) is 9.84 Å². The molecule has 2 heterocycles. The summed E-state index contributed by atoms with van der Waals surface area (Å²) in [7, 11) is -1.31. The molecule has 0 atom stereocenters. The normalized spacial score (nSPS) is 20.8. The Labute approximate surface area is 145 Å². The molecule has 1 aliphatic carbocycles. The largest absolute Gasteiger partial charge is 0.356 e. The lowest BCUT2D eigenvalue weighted by atomic mass is 9.81. The van der Waals surface area contributed by atoms with Crippen LogP contribution in [-0.4, -0.2) is 54.4 Å². The van der Waals surface area contributed by atoms with Gasteiger partial charge in [0, 0.05) is 25.7 Å². The molecule has 25 heavy (non-hydrogen) atoms. The highest BCUT2D eigenvalue weighted by Gasteiger charge is 2.35. The van der Waals surface area contributed by atoms with Gasteiger partial charge in [0.25, 0.3) is 0 Å². The molecule has 0 aliphatic heterocycles. The Kier molecular flexibility index (Phi) is 5.21. The van der Waals surface area contributed by atoms with Gasteiger partial charge in [-0.05, 0) is 31.2 Å². The van der Waals surface area contributed by atoms with Crippen molar-refractivity contribution >= 4 is 26.7 Å². The van der Waals surface area contributed by atoms with Gasteiger partial charge >= 0.3 is 0 Å². The highest BCUT2D eigenvalue weighted by Crippen LogP contribution is 2.35. The number of fused-ring (bicyclic) bond motifs is 1. The first kappa shape index (κ1) is 18.0. The number of aromatic amines is 1. The summed E-state index contributed by atoms with van der Waals surface area (Å²) in [5.41, 5.74) is 0.773. The van der Waals surface area contributed by atoms with Gasteiger partial charge in [-0.15, -0.1) is 0 Å². The van der Waals surface area contributed by atoms with Crippen LogP contribution < -0.4 is 4.90 Å². The first-order chi connectivity index (χ1) is 11.9. The molecule has 0 amide bonds. The molecule has 0 radical (unpaired) electrons. The van der Waals surface area contributed by atoms with E-state index in [0.29, 0.717) is 0 Å². The van der Waals surface area contributed by atoms with Gasteiger partial charge in [-0.2, -0.15) is 0 Å². The van der Waals surface area contributed by atoms with Crippen molar-refractivity contribution in [3.8, 4) is 0 Å². The zero-order valence-corrected chi connectivity index (χ0v) is 14.8. The van der Waals surface area contributed by atoms with Gasteiger partial charge in [0.1, 0.15) is 17.8 Å². The summed E-state index contributed by atoms with van der Waals surface area (Å²) in [5.74, 6) is 0.857. The lowest BCUT2D eigenvalue weighted by Gasteiger charge is -2.41. The van der Waals surface area contributed by atoms with Gasteiger partial charge in [-0.3, -0.25) is 0 Å². The fourth-order valence-corrected chi connectivity index (χ4v) is 5.13. The van der Waals surface area contributed by atoms with Crippen LogP contribution in [0.5, 0.6) is 0 Å². The summed E-state index contributed by atoms with van der Waals surface area (Å²) in [6, 6.07) is 2.15. The third kappa shape index (κ3) is 4.26. The van der Waals surface area contributed by atoms with Gasteiger partial charge in [0.15, 0.2) is 9.84 Å². The number of aromatic nitrogens is 3. The molecular weight excluding hydrogens is 350 g/mol. The Bertz CT molecular complexity index is 818. The van der Waals surface area contributed by atoms with Crippen LogP contribution in [0.1, 0.15) is 25.7 Å². The summed E-state index contributed by atoms with van der Waals surface area (Å²) in [6.45, 7) is 0. The Balaban J connectivity index is 1.53. The Morgan fingerprint density at radius 1 is 1.36 bits per heavy atom. The minimum Gasteiger partial charge on any atom is -0.356 e. The molecule has 0 spiro atoms. The molecular formula is C16H22F2N4O2S. The molecule has 1 aliphatic rings. The smallest absolute Gasteiger partial charge is 0.238 e. The predicted octanol–water partition coefficient (Wildman–Crippen LogP) is 2.63. The van der Waals surface area contributed by atoms with Crippen molar-refractivity contribution < 1.29 is 17.2 Å². The third-order valence-electron chi connectivity index (χ3n) is 4.79. The molecule has 0 saturated heterocycles. The number of hydrogen-bond donors (Lipinski definition) is 1. The first-order valence-electron chi connectivity index (χ1n) is 8.35. The van der Waals surface area contributed by atoms with Crippen LogP contribution in [0.2, 0.25) is 0 Å². The number of rotatable bonds is 8. The van der Waals surface area contributed by atoms with E-state index in [-0.39, 0.29) is 36.3 Å². The van der Waals surface area contributed by atoms with E-state index in [9.17, 15) is 17.2 Å². The Hall–Kier alpha value is -1.77. The van der Waals surface area contributed by atoms with Crippen molar-refractivity contribution in [2.75, 3.05) is 23.5 Å². The third-order valence-corrected chi connectivity index (χ3v) is 6.68. The summed E-state index contributed by atoms with van der Waals surface area (Å²) >= 11 is 0. The Morgan fingerprint density at radius 2 is 2.12 bits per heavy atom. The van der Waals surface area contributed by atoms with Gasteiger partial charge in [-0.1, -0.05) is 0 Å². The number of alkyl halides is 2. The second-order valence-electron chi connectivity index (χ2n) is 6.69. The number of sulfone groups is 1. The van der Waals surface area contributed by atoms with E-state index in [1.165, 1.54) is 6.33 Å². The van der Waals surface area contributed by atoms with Gasteiger partial charge < -0.3 is 9.88 Å². The standard InChI is InChI=1S/C16H22F2N4O2S/c1-22(16-13-4-5-19-15(13)20-10-21-16)12-7-11(8-12)9-25(23,24)6-2-3-14(17)18/h4-5,10-12,14H,2-3,6-9H2,1H3,(H,19,20,21). The monoisotopic (exact) mass is 372 g/mol. The van der Waals surface area contributed by atoms with Crippen LogP contribution in [0.25, 0.3) is 11.0 Å². The molecule has 3 rings (SSSR count). The molecule has 0 aromatic carbocycles. The number of hydrogen-bond acceptors (Lipinski definition) is 5. The van der Waals surface area contributed by atoms with E-state index in [4.69, 9.17) is 0 Å². The summed E-state index contributed by atoms with van der Waals surface area (Å²) < 4.78 is 48.3. The molecule has 2 aromatic heterocycles. The van der Waals surface area contributed by atoms with E-state index in [0.717, 1.165) is 29.7 Å². The maximum Gasteiger partial charge on any atom is 0.238 e. The van der Waals surface area contributed by atoms with Crippen LogP contribution in [0.15, 0.2) is 18.6 Å². The lowest BCUT2D eigenvalue weighted by Crippen LogP contribution is -2.45. The second-order valence-corrected chi connectivity index (χ2v) is 8.92. The molecule has 1 N–H and O–H groups in total. The van der Waals surface area contributed by atoms with Gasteiger partial charge in [0.05, 0.1) is 16.9 Å². The molecule has 1 saturated carbocycles. The number of nitrogens with zero attached hydrogens (tertiary/aromatic N) is 3.